The van der Waals surface area contributed by atoms with E-state index in [1.165, 1.54) is 24.3 Å². The number of aromatic nitrogens is 2. The zero-order chi connectivity index (χ0) is 19.5. The molecule has 1 amide bonds. The van der Waals surface area contributed by atoms with Gasteiger partial charge in [0.1, 0.15) is 11.6 Å². The predicted octanol–water partition coefficient (Wildman–Crippen LogP) is 4.10. The number of rotatable bonds is 4. The Morgan fingerprint density at radius 1 is 1.04 bits per heavy atom. The molecule has 1 saturated heterocycles. The molecule has 1 aliphatic heterocycles. The molecule has 6 heteroatoms. The van der Waals surface area contributed by atoms with Gasteiger partial charge in [-0.05, 0) is 66.3 Å². The molecule has 0 aliphatic carbocycles. The second-order valence-electron chi connectivity index (χ2n) is 7.16. The summed E-state index contributed by atoms with van der Waals surface area (Å²) < 4.78 is 28.1. The highest BCUT2D eigenvalue weighted by molar-refractivity contribution is 5.78. The number of hydrogen-bond donors (Lipinski definition) is 0. The second-order valence-corrected chi connectivity index (χ2v) is 7.16. The summed E-state index contributed by atoms with van der Waals surface area (Å²) in [6.45, 7) is 1.36. The van der Waals surface area contributed by atoms with E-state index in [4.69, 9.17) is 0 Å². The number of amides is 1. The number of likely N-dealkylation sites (tertiary alicyclic amines) is 1. The zero-order valence-corrected chi connectivity index (χ0v) is 15.4. The number of nitrogens with zero attached hydrogens (tertiary/aromatic N) is 3. The van der Waals surface area contributed by atoms with Crippen LogP contribution in [0.5, 0.6) is 0 Å². The van der Waals surface area contributed by atoms with Gasteiger partial charge < -0.3 is 4.90 Å². The van der Waals surface area contributed by atoms with Gasteiger partial charge in [0.05, 0.1) is 18.3 Å². The molecule has 0 N–H and O–H groups in total. The van der Waals surface area contributed by atoms with Crippen LogP contribution in [0.3, 0.4) is 0 Å². The van der Waals surface area contributed by atoms with E-state index in [9.17, 15) is 13.6 Å². The summed E-state index contributed by atoms with van der Waals surface area (Å²) in [6, 6.07) is 12.4. The quantitative estimate of drug-likeness (QED) is 0.682. The first-order valence-electron chi connectivity index (χ1n) is 9.41. The Hall–Kier alpha value is -3.02. The topological polar surface area (TPSA) is 38.1 Å². The number of carbonyl (C=O) groups excluding carboxylic acids is 1. The largest absolute Gasteiger partial charge is 0.342 e. The van der Waals surface area contributed by atoms with Gasteiger partial charge in [-0.1, -0.05) is 12.1 Å². The molecule has 0 radical (unpaired) electrons. The minimum absolute atomic E-state index is 0.0334. The van der Waals surface area contributed by atoms with E-state index in [1.54, 1.807) is 28.9 Å². The van der Waals surface area contributed by atoms with Gasteiger partial charge in [0.2, 0.25) is 5.91 Å². The molecule has 144 valence electrons. The third-order valence-corrected chi connectivity index (χ3v) is 5.26. The van der Waals surface area contributed by atoms with Crippen LogP contribution in [0.2, 0.25) is 0 Å². The maximum Gasteiger partial charge on any atom is 0.226 e. The lowest BCUT2D eigenvalue weighted by Gasteiger charge is -2.31. The van der Waals surface area contributed by atoms with E-state index in [1.807, 2.05) is 17.3 Å². The van der Waals surface area contributed by atoms with Crippen molar-refractivity contribution in [2.45, 2.75) is 25.2 Å². The first-order chi connectivity index (χ1) is 13.6. The van der Waals surface area contributed by atoms with E-state index in [-0.39, 0.29) is 24.0 Å². The van der Waals surface area contributed by atoms with Crippen LogP contribution in [-0.2, 0) is 11.2 Å². The van der Waals surface area contributed by atoms with Crippen molar-refractivity contribution in [1.82, 2.24) is 14.7 Å². The Morgan fingerprint density at radius 2 is 1.79 bits per heavy atom. The van der Waals surface area contributed by atoms with Crippen molar-refractivity contribution in [1.29, 1.82) is 0 Å². The van der Waals surface area contributed by atoms with E-state index < -0.39 is 0 Å². The summed E-state index contributed by atoms with van der Waals surface area (Å²) >= 11 is 0. The zero-order valence-electron chi connectivity index (χ0n) is 15.4. The van der Waals surface area contributed by atoms with Crippen molar-refractivity contribution >= 4 is 5.91 Å². The Labute approximate surface area is 162 Å². The van der Waals surface area contributed by atoms with Crippen molar-refractivity contribution in [3.8, 4) is 5.69 Å². The van der Waals surface area contributed by atoms with Gasteiger partial charge in [-0.25, -0.2) is 13.5 Å². The third-order valence-electron chi connectivity index (χ3n) is 5.26. The maximum absolute atomic E-state index is 13.3. The lowest BCUT2D eigenvalue weighted by molar-refractivity contribution is -0.131. The molecular weight excluding hydrogens is 360 g/mol. The first kappa shape index (κ1) is 18.3. The molecule has 1 aromatic heterocycles. The molecule has 1 fully saturated rings. The number of hydrogen-bond acceptors (Lipinski definition) is 2. The molecule has 2 heterocycles. The van der Waals surface area contributed by atoms with Crippen LogP contribution in [0.25, 0.3) is 5.69 Å². The third kappa shape index (κ3) is 4.11. The van der Waals surface area contributed by atoms with Crippen LogP contribution < -0.4 is 0 Å². The van der Waals surface area contributed by atoms with Gasteiger partial charge in [-0.15, -0.1) is 0 Å². The molecule has 4 rings (SSSR count). The number of halogens is 2. The van der Waals surface area contributed by atoms with Crippen molar-refractivity contribution in [3.63, 3.8) is 0 Å². The van der Waals surface area contributed by atoms with Crippen LogP contribution in [0.4, 0.5) is 8.78 Å². The summed E-state index contributed by atoms with van der Waals surface area (Å²) in [4.78, 5) is 14.3. The maximum atomic E-state index is 13.3. The normalized spacial score (nSPS) is 15.0. The fourth-order valence-corrected chi connectivity index (χ4v) is 3.68. The van der Waals surface area contributed by atoms with E-state index in [2.05, 4.69) is 5.10 Å². The number of benzene rings is 2. The fourth-order valence-electron chi connectivity index (χ4n) is 3.68. The molecule has 0 unspecified atom stereocenters. The number of piperidine rings is 1. The number of carbonyl (C=O) groups is 1. The minimum Gasteiger partial charge on any atom is -0.342 e. The molecular formula is C22H21F2N3O. The molecule has 0 spiro atoms. The van der Waals surface area contributed by atoms with Crippen LogP contribution in [-0.4, -0.2) is 33.7 Å². The Bertz CT molecular complexity index is 960. The molecule has 2 aromatic carbocycles. The van der Waals surface area contributed by atoms with Crippen molar-refractivity contribution < 1.29 is 13.6 Å². The molecule has 0 bridgehead atoms. The second kappa shape index (κ2) is 7.92. The molecule has 3 aromatic rings. The highest BCUT2D eigenvalue weighted by atomic mass is 19.1. The van der Waals surface area contributed by atoms with Gasteiger partial charge in [0.15, 0.2) is 0 Å². The lowest BCUT2D eigenvalue weighted by Crippen LogP contribution is -2.38. The Balaban J connectivity index is 1.35. The van der Waals surface area contributed by atoms with Gasteiger partial charge in [-0.3, -0.25) is 4.79 Å². The molecule has 0 atom stereocenters. The van der Waals surface area contributed by atoms with E-state index in [0.717, 1.165) is 24.1 Å². The standard InChI is InChI=1S/C22H21F2N3O/c23-19-4-6-21(7-5-19)27-15-18(14-25-27)17-8-10-26(11-9-17)22(28)13-16-2-1-3-20(24)12-16/h1-7,12,14-15,17H,8-11,13H2. The van der Waals surface area contributed by atoms with Crippen LogP contribution in [0.1, 0.15) is 29.9 Å². The first-order valence-corrected chi connectivity index (χ1v) is 9.41. The molecule has 0 saturated carbocycles. The Morgan fingerprint density at radius 3 is 2.50 bits per heavy atom. The van der Waals surface area contributed by atoms with E-state index in [0.29, 0.717) is 24.6 Å². The molecule has 1 aliphatic rings. The average Bonchev–Trinajstić information content (AvgIpc) is 3.19. The van der Waals surface area contributed by atoms with Gasteiger partial charge in [0, 0.05) is 19.3 Å². The van der Waals surface area contributed by atoms with Crippen LogP contribution >= 0.6 is 0 Å². The minimum atomic E-state index is -0.317. The van der Waals surface area contributed by atoms with Crippen molar-refractivity contribution in [2.75, 3.05) is 13.1 Å². The lowest BCUT2D eigenvalue weighted by atomic mass is 9.91. The molecule has 4 nitrogen and oxygen atoms in total. The van der Waals surface area contributed by atoms with Crippen molar-refractivity contribution in [2.24, 2.45) is 0 Å². The highest BCUT2D eigenvalue weighted by Gasteiger charge is 2.24. The highest BCUT2D eigenvalue weighted by Crippen LogP contribution is 2.28. The van der Waals surface area contributed by atoms with Crippen molar-refractivity contribution in [3.05, 3.63) is 83.7 Å². The summed E-state index contributed by atoms with van der Waals surface area (Å²) in [5, 5.41) is 4.39. The monoisotopic (exact) mass is 381 g/mol. The van der Waals surface area contributed by atoms with Gasteiger partial charge in [0.25, 0.3) is 0 Å². The molecule has 28 heavy (non-hydrogen) atoms. The predicted molar refractivity (Wildman–Crippen MR) is 102 cm³/mol. The summed E-state index contributed by atoms with van der Waals surface area (Å²) in [5.41, 5.74) is 2.64. The van der Waals surface area contributed by atoms with Gasteiger partial charge >= 0.3 is 0 Å². The summed E-state index contributed by atoms with van der Waals surface area (Å²) in [5.74, 6) is -0.216. The summed E-state index contributed by atoms with van der Waals surface area (Å²) in [7, 11) is 0. The smallest absolute Gasteiger partial charge is 0.226 e. The average molecular weight is 381 g/mol. The van der Waals surface area contributed by atoms with E-state index >= 15 is 0 Å². The van der Waals surface area contributed by atoms with Crippen LogP contribution in [0, 0.1) is 11.6 Å². The SMILES string of the molecule is O=C(Cc1cccc(F)c1)N1CCC(c2cnn(-c3ccc(F)cc3)c2)CC1. The Kier molecular flexibility index (Phi) is 5.19. The van der Waals surface area contributed by atoms with Gasteiger partial charge in [-0.2, -0.15) is 5.10 Å². The van der Waals surface area contributed by atoms with Crippen LogP contribution in [0.15, 0.2) is 60.9 Å². The summed E-state index contributed by atoms with van der Waals surface area (Å²) in [6.07, 6.45) is 5.78. The fraction of sp³-hybridized carbons (Fsp3) is 0.273.